The van der Waals surface area contributed by atoms with Crippen LogP contribution in [-0.4, -0.2) is 24.5 Å². The lowest BCUT2D eigenvalue weighted by Gasteiger charge is -2.31. The summed E-state index contributed by atoms with van der Waals surface area (Å²) in [5.41, 5.74) is 0.490. The second-order valence-corrected chi connectivity index (χ2v) is 4.98. The molecule has 0 aromatic rings. The molecule has 0 radical (unpaired) electrons. The Labute approximate surface area is 70.8 Å². The minimum atomic E-state index is 0.490. The van der Waals surface area contributed by atoms with Crippen molar-refractivity contribution in [1.82, 2.24) is 4.90 Å². The maximum atomic E-state index is 2.47. The van der Waals surface area contributed by atoms with Gasteiger partial charge in [-0.2, -0.15) is 0 Å². The Morgan fingerprint density at radius 3 is 2.00 bits per heavy atom. The van der Waals surface area contributed by atoms with Gasteiger partial charge in [0.2, 0.25) is 0 Å². The smallest absolute Gasteiger partial charge is 0.00976 e. The third-order valence-corrected chi connectivity index (χ3v) is 3.18. The van der Waals surface area contributed by atoms with Crippen LogP contribution < -0.4 is 0 Å². The van der Waals surface area contributed by atoms with Crippen molar-refractivity contribution in [1.29, 1.82) is 0 Å². The van der Waals surface area contributed by atoms with Gasteiger partial charge in [0.1, 0.15) is 0 Å². The zero-order valence-electron chi connectivity index (χ0n) is 8.52. The summed E-state index contributed by atoms with van der Waals surface area (Å²) in [6, 6.07) is 0.773. The van der Waals surface area contributed by atoms with Crippen LogP contribution in [0.5, 0.6) is 0 Å². The normalized spacial score (nSPS) is 34.6. The molecule has 0 aromatic carbocycles. The van der Waals surface area contributed by atoms with Gasteiger partial charge < -0.3 is 4.90 Å². The largest absolute Gasteiger partial charge is 0.303 e. The molecular weight excluding hydrogens is 134 g/mol. The predicted octanol–water partition coefficient (Wildman–Crippen LogP) is 2.37. The first-order chi connectivity index (χ1) is 4.93. The number of likely N-dealkylation sites (tertiary alicyclic amines) is 1. The van der Waals surface area contributed by atoms with E-state index in [2.05, 4.69) is 39.6 Å². The molecule has 1 nitrogen and oxygen atoms in total. The molecule has 66 valence electrons. The average molecular weight is 155 g/mol. The predicted molar refractivity (Wildman–Crippen MR) is 49.7 cm³/mol. The van der Waals surface area contributed by atoms with Gasteiger partial charge in [0, 0.05) is 6.04 Å². The molecular formula is C10H21N. The van der Waals surface area contributed by atoms with E-state index in [1.165, 1.54) is 13.0 Å². The second-order valence-electron chi connectivity index (χ2n) is 4.98. The molecule has 1 rings (SSSR count). The molecule has 0 bridgehead atoms. The highest BCUT2D eigenvalue weighted by Crippen LogP contribution is 2.37. The van der Waals surface area contributed by atoms with Gasteiger partial charge in [-0.3, -0.25) is 0 Å². The van der Waals surface area contributed by atoms with E-state index in [9.17, 15) is 0 Å². The lowest BCUT2D eigenvalue weighted by molar-refractivity contribution is 0.182. The van der Waals surface area contributed by atoms with Crippen LogP contribution in [0.1, 0.15) is 34.1 Å². The standard InChI is InChI=1S/C10H21N/c1-8-9(10(2,3)4)6-7-11(8)5/h8-9H,6-7H2,1-5H3/t8-,9-/m1/s1. The zero-order valence-corrected chi connectivity index (χ0v) is 8.52. The molecule has 0 saturated carbocycles. The van der Waals surface area contributed by atoms with Crippen molar-refractivity contribution in [3.05, 3.63) is 0 Å². The Morgan fingerprint density at radius 1 is 1.27 bits per heavy atom. The van der Waals surface area contributed by atoms with Crippen LogP contribution >= 0.6 is 0 Å². The Morgan fingerprint density at radius 2 is 1.82 bits per heavy atom. The van der Waals surface area contributed by atoms with E-state index < -0.39 is 0 Å². The SMILES string of the molecule is C[C@@H]1[C@H](C(C)(C)C)CCN1C. The van der Waals surface area contributed by atoms with Crippen molar-refractivity contribution < 1.29 is 0 Å². The van der Waals surface area contributed by atoms with E-state index in [0.29, 0.717) is 5.41 Å². The van der Waals surface area contributed by atoms with E-state index in [0.717, 1.165) is 12.0 Å². The molecule has 1 fully saturated rings. The van der Waals surface area contributed by atoms with Gasteiger partial charge in [-0.1, -0.05) is 20.8 Å². The first kappa shape index (κ1) is 9.05. The third-order valence-electron chi connectivity index (χ3n) is 3.18. The molecule has 0 unspecified atom stereocenters. The minimum Gasteiger partial charge on any atom is -0.303 e. The quantitative estimate of drug-likeness (QED) is 0.519. The summed E-state index contributed by atoms with van der Waals surface area (Å²) in [5, 5.41) is 0. The zero-order chi connectivity index (χ0) is 8.65. The first-order valence-corrected chi connectivity index (χ1v) is 4.63. The van der Waals surface area contributed by atoms with Crippen LogP contribution in [0.15, 0.2) is 0 Å². The average Bonchev–Trinajstić information content (AvgIpc) is 2.11. The highest BCUT2D eigenvalue weighted by Gasteiger charge is 2.35. The van der Waals surface area contributed by atoms with Gasteiger partial charge in [0.05, 0.1) is 0 Å². The molecule has 11 heavy (non-hydrogen) atoms. The van der Waals surface area contributed by atoms with Crippen molar-refractivity contribution in [2.24, 2.45) is 11.3 Å². The maximum absolute atomic E-state index is 2.47. The van der Waals surface area contributed by atoms with Gasteiger partial charge in [0.15, 0.2) is 0 Å². The second kappa shape index (κ2) is 2.78. The Balaban J connectivity index is 2.62. The third kappa shape index (κ3) is 1.76. The summed E-state index contributed by atoms with van der Waals surface area (Å²) in [6.45, 7) is 10.7. The van der Waals surface area contributed by atoms with Crippen LogP contribution in [0.3, 0.4) is 0 Å². The monoisotopic (exact) mass is 155 g/mol. The van der Waals surface area contributed by atoms with Crippen LogP contribution in [0, 0.1) is 11.3 Å². The van der Waals surface area contributed by atoms with E-state index in [1.807, 2.05) is 0 Å². The lowest BCUT2D eigenvalue weighted by atomic mass is 9.77. The fourth-order valence-corrected chi connectivity index (χ4v) is 2.25. The van der Waals surface area contributed by atoms with E-state index in [1.54, 1.807) is 0 Å². The number of hydrogen-bond acceptors (Lipinski definition) is 1. The van der Waals surface area contributed by atoms with Gasteiger partial charge >= 0.3 is 0 Å². The summed E-state index contributed by atoms with van der Waals surface area (Å²) in [5.74, 6) is 0.882. The Kier molecular flexibility index (Phi) is 2.29. The number of hydrogen-bond donors (Lipinski definition) is 0. The van der Waals surface area contributed by atoms with E-state index in [4.69, 9.17) is 0 Å². The highest BCUT2D eigenvalue weighted by atomic mass is 15.1. The molecule has 0 N–H and O–H groups in total. The lowest BCUT2D eigenvalue weighted by Crippen LogP contribution is -2.32. The fourth-order valence-electron chi connectivity index (χ4n) is 2.25. The molecule has 1 heterocycles. The van der Waals surface area contributed by atoms with Gasteiger partial charge in [-0.05, 0) is 38.3 Å². The van der Waals surface area contributed by atoms with Crippen molar-refractivity contribution in [3.8, 4) is 0 Å². The molecule has 1 heteroatoms. The minimum absolute atomic E-state index is 0.490. The fraction of sp³-hybridized carbons (Fsp3) is 1.00. The summed E-state index contributed by atoms with van der Waals surface area (Å²) in [7, 11) is 2.23. The van der Waals surface area contributed by atoms with Crippen molar-refractivity contribution in [2.45, 2.75) is 40.2 Å². The molecule has 0 spiro atoms. The molecule has 0 aliphatic carbocycles. The maximum Gasteiger partial charge on any atom is 0.00976 e. The summed E-state index contributed by atoms with van der Waals surface area (Å²) in [4.78, 5) is 2.47. The molecule has 1 aliphatic rings. The summed E-state index contributed by atoms with van der Waals surface area (Å²) in [6.07, 6.45) is 1.38. The van der Waals surface area contributed by atoms with E-state index >= 15 is 0 Å². The Hall–Kier alpha value is -0.0400. The Bertz CT molecular complexity index is 134. The summed E-state index contributed by atoms with van der Waals surface area (Å²) < 4.78 is 0. The molecule has 1 aliphatic heterocycles. The number of nitrogens with zero attached hydrogens (tertiary/aromatic N) is 1. The van der Waals surface area contributed by atoms with Crippen LogP contribution in [0.25, 0.3) is 0 Å². The van der Waals surface area contributed by atoms with Crippen molar-refractivity contribution in [3.63, 3.8) is 0 Å². The van der Waals surface area contributed by atoms with Gasteiger partial charge in [-0.15, -0.1) is 0 Å². The van der Waals surface area contributed by atoms with Gasteiger partial charge in [-0.25, -0.2) is 0 Å². The highest BCUT2D eigenvalue weighted by molar-refractivity contribution is 4.88. The molecule has 0 amide bonds. The van der Waals surface area contributed by atoms with E-state index in [-0.39, 0.29) is 0 Å². The molecule has 1 saturated heterocycles. The van der Waals surface area contributed by atoms with Crippen LogP contribution in [-0.2, 0) is 0 Å². The number of rotatable bonds is 0. The van der Waals surface area contributed by atoms with Crippen molar-refractivity contribution >= 4 is 0 Å². The first-order valence-electron chi connectivity index (χ1n) is 4.63. The van der Waals surface area contributed by atoms with Crippen molar-refractivity contribution in [2.75, 3.05) is 13.6 Å². The topological polar surface area (TPSA) is 3.24 Å². The molecule has 2 atom stereocenters. The van der Waals surface area contributed by atoms with Gasteiger partial charge in [0.25, 0.3) is 0 Å². The summed E-state index contributed by atoms with van der Waals surface area (Å²) >= 11 is 0. The van der Waals surface area contributed by atoms with Crippen LogP contribution in [0.2, 0.25) is 0 Å². The van der Waals surface area contributed by atoms with Crippen LogP contribution in [0.4, 0.5) is 0 Å². The molecule has 0 aromatic heterocycles.